The van der Waals surface area contributed by atoms with Gasteiger partial charge < -0.3 is 9.47 Å². The van der Waals surface area contributed by atoms with E-state index in [0.717, 1.165) is 11.3 Å². The largest absolute Gasteiger partial charge is 0.497 e. The Hall–Kier alpha value is -3.84. The van der Waals surface area contributed by atoms with Crippen LogP contribution in [0.5, 0.6) is 11.5 Å². The Morgan fingerprint density at radius 3 is 1.94 bits per heavy atom. The van der Waals surface area contributed by atoms with Crippen molar-refractivity contribution in [3.8, 4) is 11.5 Å². The molecular weight excluding hydrogens is 420 g/mol. The third-order valence-corrected chi connectivity index (χ3v) is 6.45. The quantitative estimate of drug-likeness (QED) is 0.551. The molecule has 2 aliphatic rings. The van der Waals surface area contributed by atoms with Crippen molar-refractivity contribution in [2.24, 2.45) is 5.41 Å². The molecule has 0 N–H and O–H groups in total. The zero-order chi connectivity index (χ0) is 23.2. The first-order valence-corrected chi connectivity index (χ1v) is 10.7. The molecule has 168 valence electrons. The summed E-state index contributed by atoms with van der Waals surface area (Å²) in [5, 5.41) is 1.69. The normalized spacial score (nSPS) is 24.2. The number of anilines is 2. The number of nitrogens with zero attached hydrogens (tertiary/aromatic N) is 2. The number of amides is 2. The maximum atomic E-state index is 13.9. The first-order chi connectivity index (χ1) is 16.0. The molecule has 3 atom stereocenters. The van der Waals surface area contributed by atoms with Crippen LogP contribution in [0.15, 0.2) is 78.9 Å². The number of ether oxygens (including phenoxy) is 2. The Bertz CT molecular complexity index is 1180. The average molecular weight is 444 g/mol. The number of para-hydroxylation sites is 1. The standard InChI is InChI=1S/C26H24N2O5/c1-26-22(17-9-13-20(31-2)14-10-17)28(19-7-5-4-6-8-19)33-23(26)24(29)27(25(26)30)18-11-15-21(32-3)16-12-18/h4-16,22-23H,1-3H3/t22-,23-,26-/m1/s1. The van der Waals surface area contributed by atoms with Crippen LogP contribution in [0.1, 0.15) is 18.5 Å². The molecule has 2 heterocycles. The molecule has 2 saturated heterocycles. The van der Waals surface area contributed by atoms with Crippen molar-refractivity contribution >= 4 is 23.2 Å². The van der Waals surface area contributed by atoms with Crippen LogP contribution in [0.2, 0.25) is 0 Å². The molecule has 2 amide bonds. The minimum atomic E-state index is -1.14. The van der Waals surface area contributed by atoms with Gasteiger partial charge in [-0.3, -0.25) is 14.4 Å². The molecule has 0 spiro atoms. The number of imide groups is 1. The van der Waals surface area contributed by atoms with Crippen LogP contribution in [0.25, 0.3) is 0 Å². The van der Waals surface area contributed by atoms with Crippen molar-refractivity contribution < 1.29 is 23.9 Å². The lowest BCUT2D eigenvalue weighted by atomic mass is 9.76. The zero-order valence-corrected chi connectivity index (χ0v) is 18.6. The molecule has 7 heteroatoms. The van der Waals surface area contributed by atoms with E-state index < -0.39 is 17.6 Å². The van der Waals surface area contributed by atoms with Gasteiger partial charge in [-0.15, -0.1) is 0 Å². The van der Waals surface area contributed by atoms with Gasteiger partial charge in [0.25, 0.3) is 5.91 Å². The van der Waals surface area contributed by atoms with Crippen LogP contribution in [0.3, 0.4) is 0 Å². The van der Waals surface area contributed by atoms with E-state index in [4.69, 9.17) is 14.3 Å². The van der Waals surface area contributed by atoms with Gasteiger partial charge in [-0.05, 0) is 61.0 Å². The number of methoxy groups -OCH3 is 2. The molecule has 0 aliphatic carbocycles. The number of fused-ring (bicyclic) bond motifs is 1. The molecule has 2 fully saturated rings. The minimum Gasteiger partial charge on any atom is -0.497 e. The lowest BCUT2D eigenvalue weighted by molar-refractivity contribution is -0.128. The second-order valence-electron chi connectivity index (χ2n) is 8.28. The highest BCUT2D eigenvalue weighted by atomic mass is 16.7. The summed E-state index contributed by atoms with van der Waals surface area (Å²) in [6.07, 6.45) is -0.959. The van der Waals surface area contributed by atoms with Gasteiger partial charge in [0.15, 0.2) is 6.10 Å². The molecule has 0 saturated carbocycles. The highest BCUT2D eigenvalue weighted by Gasteiger charge is 2.68. The number of hydrogen-bond acceptors (Lipinski definition) is 6. The lowest BCUT2D eigenvalue weighted by Crippen LogP contribution is -2.41. The summed E-state index contributed by atoms with van der Waals surface area (Å²) in [7, 11) is 3.17. The minimum absolute atomic E-state index is 0.304. The fourth-order valence-electron chi connectivity index (χ4n) is 4.69. The molecule has 0 bridgehead atoms. The number of hydrogen-bond donors (Lipinski definition) is 0. The van der Waals surface area contributed by atoms with Gasteiger partial charge in [-0.1, -0.05) is 30.3 Å². The fraction of sp³-hybridized carbons (Fsp3) is 0.231. The molecule has 7 nitrogen and oxygen atoms in total. The van der Waals surface area contributed by atoms with E-state index in [1.54, 1.807) is 50.5 Å². The van der Waals surface area contributed by atoms with E-state index in [2.05, 4.69) is 0 Å². The molecular formula is C26H24N2O5. The van der Waals surface area contributed by atoms with Crippen molar-refractivity contribution in [2.75, 3.05) is 24.2 Å². The highest BCUT2D eigenvalue weighted by molar-refractivity contribution is 6.25. The molecule has 3 aromatic carbocycles. The summed E-state index contributed by atoms with van der Waals surface area (Å²) >= 11 is 0. The Morgan fingerprint density at radius 2 is 1.36 bits per heavy atom. The summed E-state index contributed by atoms with van der Waals surface area (Å²) < 4.78 is 10.5. The second-order valence-corrected chi connectivity index (χ2v) is 8.28. The van der Waals surface area contributed by atoms with Crippen LogP contribution in [-0.2, 0) is 14.4 Å². The number of carbonyl (C=O) groups is 2. The van der Waals surface area contributed by atoms with Crippen LogP contribution in [-0.4, -0.2) is 32.1 Å². The van der Waals surface area contributed by atoms with Crippen molar-refractivity contribution in [3.05, 3.63) is 84.4 Å². The predicted molar refractivity (Wildman–Crippen MR) is 123 cm³/mol. The Morgan fingerprint density at radius 1 is 0.788 bits per heavy atom. The van der Waals surface area contributed by atoms with E-state index in [1.165, 1.54) is 4.90 Å². The summed E-state index contributed by atoms with van der Waals surface area (Å²) in [6.45, 7) is 1.80. The van der Waals surface area contributed by atoms with Crippen LogP contribution >= 0.6 is 0 Å². The van der Waals surface area contributed by atoms with Crippen molar-refractivity contribution in [3.63, 3.8) is 0 Å². The Labute approximate surface area is 192 Å². The van der Waals surface area contributed by atoms with Gasteiger partial charge in [0, 0.05) is 0 Å². The fourth-order valence-corrected chi connectivity index (χ4v) is 4.69. The molecule has 0 aromatic heterocycles. The maximum Gasteiger partial charge on any atom is 0.266 e. The molecule has 2 aliphatic heterocycles. The highest BCUT2D eigenvalue weighted by Crippen LogP contribution is 2.55. The third-order valence-electron chi connectivity index (χ3n) is 6.45. The molecule has 0 unspecified atom stereocenters. The third kappa shape index (κ3) is 3.15. The van der Waals surface area contributed by atoms with Crippen molar-refractivity contribution in [1.82, 2.24) is 0 Å². The number of benzene rings is 3. The topological polar surface area (TPSA) is 68.3 Å². The zero-order valence-electron chi connectivity index (χ0n) is 18.6. The summed E-state index contributed by atoms with van der Waals surface area (Å²) in [6, 6.07) is 23.3. The van der Waals surface area contributed by atoms with Crippen LogP contribution in [0.4, 0.5) is 11.4 Å². The number of hydroxylamine groups is 1. The Kier molecular flexibility index (Phi) is 5.06. The predicted octanol–water partition coefficient (Wildman–Crippen LogP) is 4.15. The maximum absolute atomic E-state index is 13.9. The smallest absolute Gasteiger partial charge is 0.266 e. The van der Waals surface area contributed by atoms with E-state index in [1.807, 2.05) is 54.6 Å². The van der Waals surface area contributed by atoms with Crippen LogP contribution in [0, 0.1) is 5.41 Å². The average Bonchev–Trinajstić information content (AvgIpc) is 3.28. The van der Waals surface area contributed by atoms with E-state index in [9.17, 15) is 9.59 Å². The van der Waals surface area contributed by atoms with E-state index >= 15 is 0 Å². The van der Waals surface area contributed by atoms with Gasteiger partial charge in [-0.2, -0.15) is 0 Å². The van der Waals surface area contributed by atoms with Gasteiger partial charge in [-0.25, -0.2) is 9.96 Å². The van der Waals surface area contributed by atoms with Crippen molar-refractivity contribution in [2.45, 2.75) is 19.1 Å². The summed E-state index contributed by atoms with van der Waals surface area (Å²) in [5.41, 5.74) is 0.972. The first-order valence-electron chi connectivity index (χ1n) is 10.7. The summed E-state index contributed by atoms with van der Waals surface area (Å²) in [5.74, 6) is 0.665. The molecule has 3 aromatic rings. The van der Waals surface area contributed by atoms with E-state index in [0.29, 0.717) is 17.2 Å². The SMILES string of the molecule is COc1ccc([C@H]2N(c3ccccc3)O[C@@H]3C(=O)N(c4ccc(OC)cc4)C(=O)[C@@]32C)cc1. The van der Waals surface area contributed by atoms with E-state index in [-0.39, 0.29) is 11.8 Å². The van der Waals surface area contributed by atoms with Gasteiger partial charge in [0.2, 0.25) is 5.91 Å². The Balaban J connectivity index is 1.60. The summed E-state index contributed by atoms with van der Waals surface area (Å²) in [4.78, 5) is 34.9. The van der Waals surface area contributed by atoms with Crippen LogP contribution < -0.4 is 19.4 Å². The van der Waals surface area contributed by atoms with Gasteiger partial charge in [0.1, 0.15) is 16.9 Å². The number of carbonyl (C=O) groups excluding carboxylic acids is 2. The second kappa shape index (κ2) is 7.94. The molecule has 5 rings (SSSR count). The monoisotopic (exact) mass is 444 g/mol. The lowest BCUT2D eigenvalue weighted by Gasteiger charge is -2.32. The molecule has 0 radical (unpaired) electrons. The van der Waals surface area contributed by atoms with Crippen molar-refractivity contribution in [1.29, 1.82) is 0 Å². The number of rotatable bonds is 5. The first kappa shape index (κ1) is 21.0. The molecule has 33 heavy (non-hydrogen) atoms. The van der Waals surface area contributed by atoms with Gasteiger partial charge >= 0.3 is 0 Å². The van der Waals surface area contributed by atoms with Gasteiger partial charge in [0.05, 0.1) is 31.6 Å².